The third-order valence-corrected chi connectivity index (χ3v) is 5.20. The topological polar surface area (TPSA) is 55.9 Å². The summed E-state index contributed by atoms with van der Waals surface area (Å²) in [5.41, 5.74) is 0. The van der Waals surface area contributed by atoms with Gasteiger partial charge in [0.05, 0.1) is 6.04 Å². The van der Waals surface area contributed by atoms with E-state index in [2.05, 4.69) is 17.1 Å². The van der Waals surface area contributed by atoms with Gasteiger partial charge in [-0.3, -0.25) is 9.69 Å². The van der Waals surface area contributed by atoms with E-state index in [0.717, 1.165) is 58.4 Å². The van der Waals surface area contributed by atoms with E-state index >= 15 is 0 Å². The van der Waals surface area contributed by atoms with E-state index in [9.17, 15) is 9.59 Å². The molecule has 1 unspecified atom stereocenters. The van der Waals surface area contributed by atoms with E-state index in [0.29, 0.717) is 13.1 Å². The quantitative estimate of drug-likeness (QED) is 0.753. The van der Waals surface area contributed by atoms with Gasteiger partial charge in [-0.15, -0.1) is 0 Å². The minimum atomic E-state index is -0.0260. The van der Waals surface area contributed by atoms with Crippen molar-refractivity contribution >= 4 is 11.9 Å². The molecule has 2 aliphatic heterocycles. The first kappa shape index (κ1) is 19.0. The van der Waals surface area contributed by atoms with E-state index in [4.69, 9.17) is 0 Å². The fraction of sp³-hybridized carbons (Fsp3) is 0.889. The average Bonchev–Trinajstić information content (AvgIpc) is 3.01. The lowest BCUT2D eigenvalue weighted by Gasteiger charge is -2.29. The van der Waals surface area contributed by atoms with Crippen molar-refractivity contribution in [2.75, 3.05) is 45.8 Å². The second-order valence-electron chi connectivity index (χ2n) is 7.02. The normalized spacial score (nSPS) is 20.8. The van der Waals surface area contributed by atoms with Crippen molar-refractivity contribution in [2.45, 2.75) is 58.4 Å². The predicted octanol–water partition coefficient (Wildman–Crippen LogP) is 1.90. The molecule has 2 saturated heterocycles. The van der Waals surface area contributed by atoms with Crippen LogP contribution < -0.4 is 5.32 Å². The van der Waals surface area contributed by atoms with Gasteiger partial charge in [-0.2, -0.15) is 0 Å². The first-order chi connectivity index (χ1) is 11.6. The maximum atomic E-state index is 12.7. The maximum Gasteiger partial charge on any atom is 0.317 e. The van der Waals surface area contributed by atoms with Crippen molar-refractivity contribution in [3.63, 3.8) is 0 Å². The highest BCUT2D eigenvalue weighted by Gasteiger charge is 2.29. The van der Waals surface area contributed by atoms with Gasteiger partial charge in [-0.05, 0) is 45.7 Å². The van der Waals surface area contributed by atoms with Gasteiger partial charge >= 0.3 is 6.03 Å². The van der Waals surface area contributed by atoms with Gasteiger partial charge in [0.25, 0.3) is 0 Å². The van der Waals surface area contributed by atoms with Crippen LogP contribution in [0.3, 0.4) is 0 Å². The summed E-state index contributed by atoms with van der Waals surface area (Å²) in [7, 11) is 0. The lowest BCUT2D eigenvalue weighted by molar-refractivity contribution is -0.135. The smallest absolute Gasteiger partial charge is 0.317 e. The molecule has 0 bridgehead atoms. The van der Waals surface area contributed by atoms with Crippen LogP contribution in [0.15, 0.2) is 0 Å². The minimum Gasteiger partial charge on any atom is -0.340 e. The summed E-state index contributed by atoms with van der Waals surface area (Å²) in [5.74, 6) is 0.224. The van der Waals surface area contributed by atoms with Crippen LogP contribution in [0.5, 0.6) is 0 Å². The largest absolute Gasteiger partial charge is 0.340 e. The Morgan fingerprint density at radius 3 is 2.29 bits per heavy atom. The van der Waals surface area contributed by atoms with Crippen molar-refractivity contribution in [1.29, 1.82) is 0 Å². The van der Waals surface area contributed by atoms with Crippen molar-refractivity contribution in [3.8, 4) is 0 Å². The zero-order valence-electron chi connectivity index (χ0n) is 15.4. The van der Waals surface area contributed by atoms with Gasteiger partial charge < -0.3 is 15.1 Å². The Kier molecular flexibility index (Phi) is 7.82. The zero-order valence-corrected chi connectivity index (χ0v) is 15.4. The molecule has 1 atom stereocenters. The molecular formula is C18H34N4O2. The Bertz CT molecular complexity index is 410. The highest BCUT2D eigenvalue weighted by molar-refractivity contribution is 5.81. The Morgan fingerprint density at radius 1 is 0.917 bits per heavy atom. The Balaban J connectivity index is 1.76. The maximum absolute atomic E-state index is 12.7. The second-order valence-corrected chi connectivity index (χ2v) is 7.02. The monoisotopic (exact) mass is 338 g/mol. The molecule has 2 aliphatic rings. The number of amides is 3. The summed E-state index contributed by atoms with van der Waals surface area (Å²) in [6.45, 7) is 9.79. The van der Waals surface area contributed by atoms with Gasteiger partial charge in [-0.1, -0.05) is 19.8 Å². The van der Waals surface area contributed by atoms with Crippen molar-refractivity contribution < 1.29 is 9.59 Å². The number of unbranched alkanes of at least 4 members (excludes halogenated alkanes) is 2. The van der Waals surface area contributed by atoms with Crippen LogP contribution in [0.1, 0.15) is 52.4 Å². The Hall–Kier alpha value is -1.30. The van der Waals surface area contributed by atoms with Crippen LogP contribution in [-0.4, -0.2) is 78.5 Å². The summed E-state index contributed by atoms with van der Waals surface area (Å²) in [6, 6.07) is -0.00471. The molecule has 0 saturated carbocycles. The molecule has 3 amide bonds. The number of nitrogens with zero attached hydrogens (tertiary/aromatic N) is 3. The minimum absolute atomic E-state index is 0.0213. The second kappa shape index (κ2) is 9.87. The SMILES string of the molecule is CCCCCNC(=O)N1CCCN(C(=O)C(C)N2CCCC2)CC1. The van der Waals surface area contributed by atoms with E-state index in [1.54, 1.807) is 0 Å². The fourth-order valence-electron chi connectivity index (χ4n) is 3.57. The third kappa shape index (κ3) is 5.36. The van der Waals surface area contributed by atoms with E-state index in [-0.39, 0.29) is 18.0 Å². The molecule has 0 aromatic rings. The molecule has 1 N–H and O–H groups in total. The first-order valence-electron chi connectivity index (χ1n) is 9.69. The summed E-state index contributed by atoms with van der Waals surface area (Å²) >= 11 is 0. The Labute approximate surface area is 146 Å². The summed E-state index contributed by atoms with van der Waals surface area (Å²) in [5, 5.41) is 3.00. The molecular weight excluding hydrogens is 304 g/mol. The Morgan fingerprint density at radius 2 is 1.58 bits per heavy atom. The fourth-order valence-corrected chi connectivity index (χ4v) is 3.57. The lowest BCUT2D eigenvalue weighted by atomic mass is 10.2. The summed E-state index contributed by atoms with van der Waals surface area (Å²) in [4.78, 5) is 31.1. The summed E-state index contributed by atoms with van der Waals surface area (Å²) in [6.07, 6.45) is 6.60. The van der Waals surface area contributed by atoms with Crippen molar-refractivity contribution in [2.24, 2.45) is 0 Å². The number of hydrogen-bond acceptors (Lipinski definition) is 3. The van der Waals surface area contributed by atoms with Crippen molar-refractivity contribution in [1.82, 2.24) is 20.0 Å². The van der Waals surface area contributed by atoms with E-state index in [1.807, 2.05) is 16.7 Å². The lowest BCUT2D eigenvalue weighted by Crippen LogP contribution is -2.48. The molecule has 0 radical (unpaired) electrons. The molecule has 2 rings (SSSR count). The van der Waals surface area contributed by atoms with E-state index < -0.39 is 0 Å². The highest BCUT2D eigenvalue weighted by Crippen LogP contribution is 2.14. The number of likely N-dealkylation sites (tertiary alicyclic amines) is 1. The standard InChI is InChI=1S/C18H34N4O2/c1-3-4-5-9-19-18(24)22-13-8-12-21(14-15-22)17(23)16(2)20-10-6-7-11-20/h16H,3-15H2,1-2H3,(H,19,24). The molecule has 138 valence electrons. The molecule has 0 aromatic heterocycles. The van der Waals surface area contributed by atoms with Crippen LogP contribution in [0.4, 0.5) is 4.79 Å². The third-order valence-electron chi connectivity index (χ3n) is 5.20. The van der Waals surface area contributed by atoms with Crippen LogP contribution in [-0.2, 0) is 4.79 Å². The van der Waals surface area contributed by atoms with E-state index in [1.165, 1.54) is 12.8 Å². The molecule has 0 aromatic carbocycles. The van der Waals surface area contributed by atoms with Gasteiger partial charge in [0.2, 0.25) is 5.91 Å². The van der Waals surface area contributed by atoms with Crippen LogP contribution >= 0.6 is 0 Å². The molecule has 2 heterocycles. The average molecular weight is 338 g/mol. The van der Waals surface area contributed by atoms with Crippen LogP contribution in [0, 0.1) is 0 Å². The number of carbonyl (C=O) groups is 2. The van der Waals surface area contributed by atoms with Crippen LogP contribution in [0.2, 0.25) is 0 Å². The molecule has 0 aliphatic carbocycles. The van der Waals surface area contributed by atoms with Gasteiger partial charge in [-0.25, -0.2) is 4.79 Å². The molecule has 2 fully saturated rings. The highest BCUT2D eigenvalue weighted by atomic mass is 16.2. The zero-order chi connectivity index (χ0) is 17.4. The molecule has 24 heavy (non-hydrogen) atoms. The first-order valence-corrected chi connectivity index (χ1v) is 9.69. The van der Waals surface area contributed by atoms with Gasteiger partial charge in [0.1, 0.15) is 0 Å². The number of urea groups is 1. The van der Waals surface area contributed by atoms with Gasteiger partial charge in [0, 0.05) is 32.7 Å². The number of nitrogens with one attached hydrogen (secondary N) is 1. The number of rotatable bonds is 6. The van der Waals surface area contributed by atoms with Crippen LogP contribution in [0.25, 0.3) is 0 Å². The predicted molar refractivity (Wildman–Crippen MR) is 96.0 cm³/mol. The summed E-state index contributed by atoms with van der Waals surface area (Å²) < 4.78 is 0. The van der Waals surface area contributed by atoms with Gasteiger partial charge in [0.15, 0.2) is 0 Å². The number of hydrogen-bond donors (Lipinski definition) is 1. The molecule has 0 spiro atoms. The molecule has 6 nitrogen and oxygen atoms in total. The van der Waals surface area contributed by atoms with Crippen molar-refractivity contribution in [3.05, 3.63) is 0 Å². The molecule has 6 heteroatoms. The number of carbonyl (C=O) groups excluding carboxylic acids is 2.